The van der Waals surface area contributed by atoms with Crippen LogP contribution in [0.5, 0.6) is 11.5 Å². The van der Waals surface area contributed by atoms with E-state index in [1.165, 1.54) is 6.42 Å². The molecule has 0 radical (unpaired) electrons. The van der Waals surface area contributed by atoms with Crippen LogP contribution in [0.15, 0.2) is 18.2 Å². The van der Waals surface area contributed by atoms with E-state index < -0.39 is 0 Å². The number of carbonyl (C=O) groups excluding carboxylic acids is 1. The molecule has 1 atom stereocenters. The maximum atomic E-state index is 12.3. The fourth-order valence-electron chi connectivity index (χ4n) is 2.94. The molecule has 0 unspecified atom stereocenters. The lowest BCUT2D eigenvalue weighted by atomic mass is 10.1. The molecule has 0 aromatic heterocycles. The van der Waals surface area contributed by atoms with Gasteiger partial charge in [-0.1, -0.05) is 0 Å². The number of anilines is 1. The zero-order valence-corrected chi connectivity index (χ0v) is 15.5. The molecule has 1 aliphatic heterocycles. The summed E-state index contributed by atoms with van der Waals surface area (Å²) in [5.41, 5.74) is 0.708. The van der Waals surface area contributed by atoms with E-state index in [1.54, 1.807) is 6.07 Å². The third kappa shape index (κ3) is 6.55. The van der Waals surface area contributed by atoms with E-state index in [-0.39, 0.29) is 12.0 Å². The van der Waals surface area contributed by atoms with E-state index in [9.17, 15) is 4.79 Å². The minimum atomic E-state index is -0.0510. The van der Waals surface area contributed by atoms with Gasteiger partial charge in [-0.25, -0.2) is 0 Å². The van der Waals surface area contributed by atoms with Gasteiger partial charge in [0.25, 0.3) is 0 Å². The van der Waals surface area contributed by atoms with Gasteiger partial charge < -0.3 is 19.5 Å². The Balaban J connectivity index is 1.87. The second-order valence-corrected chi connectivity index (χ2v) is 6.26. The Bertz CT molecular complexity index is 544. The summed E-state index contributed by atoms with van der Waals surface area (Å²) in [6, 6.07) is 5.45. The summed E-state index contributed by atoms with van der Waals surface area (Å²) in [5.74, 6) is 1.28. The van der Waals surface area contributed by atoms with E-state index in [0.717, 1.165) is 26.0 Å². The van der Waals surface area contributed by atoms with Gasteiger partial charge in [0.1, 0.15) is 0 Å². The largest absolute Gasteiger partial charge is 0.490 e. The van der Waals surface area contributed by atoms with Crippen molar-refractivity contribution in [1.82, 2.24) is 4.90 Å². The molecular weight excluding hydrogens is 320 g/mol. The first-order valence-electron chi connectivity index (χ1n) is 9.12. The van der Waals surface area contributed by atoms with Crippen LogP contribution >= 0.6 is 0 Å². The topological polar surface area (TPSA) is 60.0 Å². The molecule has 2 rings (SSSR count). The van der Waals surface area contributed by atoms with Gasteiger partial charge in [-0.2, -0.15) is 0 Å². The van der Waals surface area contributed by atoms with Crippen LogP contribution < -0.4 is 14.8 Å². The molecule has 1 aliphatic rings. The molecule has 140 valence electrons. The molecule has 1 fully saturated rings. The van der Waals surface area contributed by atoms with Crippen molar-refractivity contribution in [3.8, 4) is 11.5 Å². The Morgan fingerprint density at radius 3 is 2.68 bits per heavy atom. The number of benzene rings is 1. The van der Waals surface area contributed by atoms with Crippen LogP contribution in [0.4, 0.5) is 5.69 Å². The van der Waals surface area contributed by atoms with E-state index in [0.29, 0.717) is 36.9 Å². The zero-order valence-electron chi connectivity index (χ0n) is 15.5. The molecule has 1 aromatic rings. The van der Waals surface area contributed by atoms with Crippen LogP contribution in [0.3, 0.4) is 0 Å². The molecule has 0 bridgehead atoms. The van der Waals surface area contributed by atoms with Crippen molar-refractivity contribution in [2.24, 2.45) is 0 Å². The molecule has 6 heteroatoms. The van der Waals surface area contributed by atoms with Crippen molar-refractivity contribution in [3.05, 3.63) is 18.2 Å². The fourth-order valence-corrected chi connectivity index (χ4v) is 2.94. The van der Waals surface area contributed by atoms with Crippen LogP contribution in [-0.4, -0.2) is 56.9 Å². The molecule has 1 amide bonds. The van der Waals surface area contributed by atoms with Gasteiger partial charge >= 0.3 is 0 Å². The van der Waals surface area contributed by atoms with Crippen molar-refractivity contribution >= 4 is 11.6 Å². The van der Waals surface area contributed by atoms with Gasteiger partial charge in [0.15, 0.2) is 11.5 Å². The van der Waals surface area contributed by atoms with Gasteiger partial charge in [-0.3, -0.25) is 9.69 Å². The maximum Gasteiger partial charge on any atom is 0.238 e. The second kappa shape index (κ2) is 10.3. The Hall–Kier alpha value is -1.79. The first-order valence-corrected chi connectivity index (χ1v) is 9.12. The predicted molar refractivity (Wildman–Crippen MR) is 98.5 cm³/mol. The zero-order chi connectivity index (χ0) is 18.1. The van der Waals surface area contributed by atoms with Gasteiger partial charge in [-0.15, -0.1) is 0 Å². The number of hydrogen-bond acceptors (Lipinski definition) is 5. The molecular formula is C19H30N2O4. The van der Waals surface area contributed by atoms with Gasteiger partial charge in [0.2, 0.25) is 5.91 Å². The summed E-state index contributed by atoms with van der Waals surface area (Å²) in [4.78, 5) is 14.3. The van der Waals surface area contributed by atoms with Crippen molar-refractivity contribution in [2.45, 2.75) is 39.2 Å². The van der Waals surface area contributed by atoms with E-state index in [1.807, 2.05) is 37.9 Å². The first-order chi connectivity index (χ1) is 12.1. The highest BCUT2D eigenvalue weighted by atomic mass is 16.5. The molecule has 1 saturated heterocycles. The van der Waals surface area contributed by atoms with Crippen LogP contribution in [0, 0.1) is 0 Å². The standard InChI is InChI=1S/C19H30N2O4/c1-4-23-17-10-9-15(12-18(17)24-5-2)20-19(22)14-21(3)13-16-8-6-7-11-25-16/h9-10,12,16H,4-8,11,13-14H2,1-3H3,(H,20,22)/t16-/m1/s1. The molecule has 6 nitrogen and oxygen atoms in total. The van der Waals surface area contributed by atoms with Crippen LogP contribution in [0.1, 0.15) is 33.1 Å². The summed E-state index contributed by atoms with van der Waals surface area (Å²) in [5, 5.41) is 2.92. The Morgan fingerprint density at radius 1 is 1.24 bits per heavy atom. The summed E-state index contributed by atoms with van der Waals surface area (Å²) in [6.07, 6.45) is 3.65. The SMILES string of the molecule is CCOc1ccc(NC(=O)CN(C)C[C@H]2CCCCO2)cc1OCC. The lowest BCUT2D eigenvalue weighted by Gasteiger charge is -2.27. The fraction of sp³-hybridized carbons (Fsp3) is 0.632. The Labute approximate surface area is 150 Å². The average molecular weight is 350 g/mol. The molecule has 1 heterocycles. The summed E-state index contributed by atoms with van der Waals surface area (Å²) in [6.45, 7) is 6.90. The third-order valence-corrected chi connectivity index (χ3v) is 4.03. The van der Waals surface area contributed by atoms with Crippen LogP contribution in [-0.2, 0) is 9.53 Å². The van der Waals surface area contributed by atoms with Gasteiger partial charge in [0.05, 0.1) is 25.9 Å². The average Bonchev–Trinajstić information content (AvgIpc) is 2.58. The van der Waals surface area contributed by atoms with E-state index >= 15 is 0 Å². The lowest BCUT2D eigenvalue weighted by molar-refractivity contribution is -0.117. The number of carbonyl (C=O) groups is 1. The van der Waals surface area contributed by atoms with E-state index in [2.05, 4.69) is 5.32 Å². The molecule has 0 aliphatic carbocycles. The van der Waals surface area contributed by atoms with Crippen molar-refractivity contribution in [1.29, 1.82) is 0 Å². The van der Waals surface area contributed by atoms with Crippen molar-refractivity contribution in [2.75, 3.05) is 45.3 Å². The number of nitrogens with one attached hydrogen (secondary N) is 1. The number of likely N-dealkylation sites (N-methyl/N-ethyl adjacent to an activating group) is 1. The quantitative estimate of drug-likeness (QED) is 0.742. The summed E-state index contributed by atoms with van der Waals surface area (Å²) >= 11 is 0. The number of amides is 1. The number of ether oxygens (including phenoxy) is 3. The third-order valence-electron chi connectivity index (χ3n) is 4.03. The molecule has 1 aromatic carbocycles. The Kier molecular flexibility index (Phi) is 8.01. The van der Waals surface area contributed by atoms with Crippen LogP contribution in [0.25, 0.3) is 0 Å². The van der Waals surface area contributed by atoms with E-state index in [4.69, 9.17) is 14.2 Å². The van der Waals surface area contributed by atoms with Crippen molar-refractivity contribution in [3.63, 3.8) is 0 Å². The lowest BCUT2D eigenvalue weighted by Crippen LogP contribution is -2.37. The highest BCUT2D eigenvalue weighted by Gasteiger charge is 2.17. The number of rotatable bonds is 9. The summed E-state index contributed by atoms with van der Waals surface area (Å²) in [7, 11) is 1.95. The first kappa shape index (κ1) is 19.5. The minimum absolute atomic E-state index is 0.0510. The Morgan fingerprint density at radius 2 is 2.00 bits per heavy atom. The maximum absolute atomic E-state index is 12.3. The smallest absolute Gasteiger partial charge is 0.238 e. The molecule has 0 spiro atoms. The second-order valence-electron chi connectivity index (χ2n) is 6.26. The number of nitrogens with zero attached hydrogens (tertiary/aromatic N) is 1. The highest BCUT2D eigenvalue weighted by molar-refractivity contribution is 5.92. The number of hydrogen-bond donors (Lipinski definition) is 1. The monoisotopic (exact) mass is 350 g/mol. The van der Waals surface area contributed by atoms with Gasteiger partial charge in [-0.05, 0) is 52.3 Å². The predicted octanol–water partition coefficient (Wildman–Crippen LogP) is 2.92. The van der Waals surface area contributed by atoms with Crippen LogP contribution in [0.2, 0.25) is 0 Å². The molecule has 25 heavy (non-hydrogen) atoms. The van der Waals surface area contributed by atoms with Gasteiger partial charge in [0, 0.05) is 24.9 Å². The summed E-state index contributed by atoms with van der Waals surface area (Å²) < 4.78 is 16.9. The molecule has 0 saturated carbocycles. The normalized spacial score (nSPS) is 17.4. The molecule has 1 N–H and O–H groups in total. The van der Waals surface area contributed by atoms with Crippen molar-refractivity contribution < 1.29 is 19.0 Å². The highest BCUT2D eigenvalue weighted by Crippen LogP contribution is 2.30. The minimum Gasteiger partial charge on any atom is -0.490 e.